The van der Waals surface area contributed by atoms with E-state index in [-0.39, 0.29) is 0 Å². The van der Waals surface area contributed by atoms with Gasteiger partial charge in [0.25, 0.3) is 0 Å². The van der Waals surface area contributed by atoms with Gasteiger partial charge in [-0.05, 0) is 56.0 Å². The molecule has 1 saturated heterocycles. The van der Waals surface area contributed by atoms with Crippen LogP contribution in [0, 0.1) is 13.8 Å². The van der Waals surface area contributed by atoms with Gasteiger partial charge in [0.1, 0.15) is 5.75 Å². The minimum absolute atomic E-state index is 0.551. The van der Waals surface area contributed by atoms with Crippen molar-refractivity contribution in [2.75, 3.05) is 13.7 Å². The Hall–Kier alpha value is -1.02. The minimum atomic E-state index is 0.551. The van der Waals surface area contributed by atoms with Gasteiger partial charge in [-0.3, -0.25) is 0 Å². The molecule has 1 atom stereocenters. The van der Waals surface area contributed by atoms with Crippen LogP contribution in [-0.4, -0.2) is 13.7 Å². The summed E-state index contributed by atoms with van der Waals surface area (Å²) in [5, 5.41) is 3.54. The van der Waals surface area contributed by atoms with Crippen molar-refractivity contribution >= 4 is 0 Å². The maximum absolute atomic E-state index is 5.32. The lowest BCUT2D eigenvalue weighted by atomic mass is 9.96. The van der Waals surface area contributed by atoms with E-state index in [0.717, 1.165) is 12.3 Å². The summed E-state index contributed by atoms with van der Waals surface area (Å²) in [5.41, 5.74) is 4.07. The topological polar surface area (TPSA) is 21.3 Å². The molecule has 2 rings (SSSR count). The Morgan fingerprint density at radius 1 is 1.27 bits per heavy atom. The quantitative estimate of drug-likeness (QED) is 0.801. The average molecular weight is 205 g/mol. The fourth-order valence-electron chi connectivity index (χ4n) is 2.37. The molecule has 0 bridgehead atoms. The molecule has 2 nitrogen and oxygen atoms in total. The zero-order chi connectivity index (χ0) is 10.8. The van der Waals surface area contributed by atoms with Gasteiger partial charge in [0, 0.05) is 6.04 Å². The van der Waals surface area contributed by atoms with Crippen molar-refractivity contribution in [2.24, 2.45) is 0 Å². The molecule has 0 aromatic heterocycles. The summed E-state index contributed by atoms with van der Waals surface area (Å²) in [4.78, 5) is 0. The van der Waals surface area contributed by atoms with E-state index in [4.69, 9.17) is 4.74 Å². The third kappa shape index (κ3) is 1.86. The summed E-state index contributed by atoms with van der Waals surface area (Å²) >= 11 is 0. The van der Waals surface area contributed by atoms with Gasteiger partial charge < -0.3 is 10.1 Å². The lowest BCUT2D eigenvalue weighted by Crippen LogP contribution is -2.14. The second-order valence-corrected chi connectivity index (χ2v) is 4.26. The first-order chi connectivity index (χ1) is 7.24. The predicted molar refractivity (Wildman–Crippen MR) is 62.4 cm³/mol. The van der Waals surface area contributed by atoms with Crippen molar-refractivity contribution in [2.45, 2.75) is 32.7 Å². The first kappa shape index (κ1) is 10.5. The Bertz CT molecular complexity index is 354. The van der Waals surface area contributed by atoms with Crippen LogP contribution < -0.4 is 10.1 Å². The molecule has 0 unspecified atom stereocenters. The van der Waals surface area contributed by atoms with Crippen LogP contribution in [0.5, 0.6) is 5.75 Å². The SMILES string of the molecule is COc1ccc([C@H]2CCCN2)c(C)c1C. The average Bonchev–Trinajstić information content (AvgIpc) is 2.75. The van der Waals surface area contributed by atoms with Crippen LogP contribution in [0.1, 0.15) is 35.6 Å². The van der Waals surface area contributed by atoms with E-state index in [9.17, 15) is 0 Å². The van der Waals surface area contributed by atoms with E-state index < -0.39 is 0 Å². The molecule has 1 fully saturated rings. The largest absolute Gasteiger partial charge is 0.496 e. The molecule has 1 aliphatic heterocycles. The van der Waals surface area contributed by atoms with Gasteiger partial charge in [0.2, 0.25) is 0 Å². The molecule has 0 amide bonds. The van der Waals surface area contributed by atoms with Crippen LogP contribution in [-0.2, 0) is 0 Å². The summed E-state index contributed by atoms with van der Waals surface area (Å²) in [6.07, 6.45) is 2.54. The van der Waals surface area contributed by atoms with Gasteiger partial charge in [0.05, 0.1) is 7.11 Å². The molecule has 2 heteroatoms. The molecule has 82 valence electrons. The number of benzene rings is 1. The number of hydrogen-bond acceptors (Lipinski definition) is 2. The third-order valence-electron chi connectivity index (χ3n) is 3.44. The predicted octanol–water partition coefficient (Wildman–Crippen LogP) is 2.74. The molecule has 0 radical (unpaired) electrons. The molecule has 15 heavy (non-hydrogen) atoms. The Morgan fingerprint density at radius 3 is 2.67 bits per heavy atom. The fourth-order valence-corrected chi connectivity index (χ4v) is 2.37. The van der Waals surface area contributed by atoms with Gasteiger partial charge in [-0.25, -0.2) is 0 Å². The zero-order valence-corrected chi connectivity index (χ0v) is 9.76. The Kier molecular flexibility index (Phi) is 2.96. The number of hydrogen-bond donors (Lipinski definition) is 1. The standard InChI is InChI=1S/C13H19NO/c1-9-10(2)13(15-3)7-6-11(9)12-5-4-8-14-12/h6-7,12,14H,4-5,8H2,1-3H3/t12-/m1/s1. The highest BCUT2D eigenvalue weighted by molar-refractivity contribution is 5.44. The number of methoxy groups -OCH3 is 1. The summed E-state index contributed by atoms with van der Waals surface area (Å²) in [6, 6.07) is 4.83. The first-order valence-corrected chi connectivity index (χ1v) is 5.61. The fraction of sp³-hybridized carbons (Fsp3) is 0.538. The highest BCUT2D eigenvalue weighted by Crippen LogP contribution is 2.31. The van der Waals surface area contributed by atoms with Gasteiger partial charge in [0.15, 0.2) is 0 Å². The summed E-state index contributed by atoms with van der Waals surface area (Å²) in [5.74, 6) is 0.995. The van der Waals surface area contributed by atoms with E-state index >= 15 is 0 Å². The Labute approximate surface area is 91.6 Å². The van der Waals surface area contributed by atoms with Crippen molar-refractivity contribution in [3.63, 3.8) is 0 Å². The molecule has 1 N–H and O–H groups in total. The van der Waals surface area contributed by atoms with Crippen molar-refractivity contribution in [1.29, 1.82) is 0 Å². The van der Waals surface area contributed by atoms with Crippen LogP contribution in [0.15, 0.2) is 12.1 Å². The lowest BCUT2D eigenvalue weighted by molar-refractivity contribution is 0.410. The van der Waals surface area contributed by atoms with Gasteiger partial charge >= 0.3 is 0 Å². The van der Waals surface area contributed by atoms with Crippen LogP contribution in [0.4, 0.5) is 0 Å². The van der Waals surface area contributed by atoms with Gasteiger partial charge in [-0.2, -0.15) is 0 Å². The smallest absolute Gasteiger partial charge is 0.122 e. The molecule has 0 saturated carbocycles. The molecule has 0 spiro atoms. The maximum Gasteiger partial charge on any atom is 0.122 e. The van der Waals surface area contributed by atoms with E-state index in [2.05, 4.69) is 31.3 Å². The molecule has 1 aliphatic rings. The Morgan fingerprint density at radius 2 is 2.07 bits per heavy atom. The highest BCUT2D eigenvalue weighted by Gasteiger charge is 2.19. The number of nitrogens with one attached hydrogen (secondary N) is 1. The molecular formula is C13H19NO. The van der Waals surface area contributed by atoms with E-state index in [1.54, 1.807) is 7.11 Å². The summed E-state index contributed by atoms with van der Waals surface area (Å²) in [6.45, 7) is 5.47. The van der Waals surface area contributed by atoms with Crippen LogP contribution in [0.25, 0.3) is 0 Å². The normalized spacial score (nSPS) is 20.6. The summed E-state index contributed by atoms with van der Waals surface area (Å²) in [7, 11) is 1.73. The maximum atomic E-state index is 5.32. The monoisotopic (exact) mass is 205 g/mol. The van der Waals surface area contributed by atoms with Crippen LogP contribution in [0.2, 0.25) is 0 Å². The molecular weight excluding hydrogens is 186 g/mol. The van der Waals surface area contributed by atoms with Crippen LogP contribution in [0.3, 0.4) is 0 Å². The molecule has 1 aromatic carbocycles. The second-order valence-electron chi connectivity index (χ2n) is 4.26. The molecule has 0 aliphatic carbocycles. The van der Waals surface area contributed by atoms with Crippen molar-refractivity contribution in [3.05, 3.63) is 28.8 Å². The number of rotatable bonds is 2. The highest BCUT2D eigenvalue weighted by atomic mass is 16.5. The third-order valence-corrected chi connectivity index (χ3v) is 3.44. The number of ether oxygens (including phenoxy) is 1. The van der Waals surface area contributed by atoms with Crippen molar-refractivity contribution < 1.29 is 4.74 Å². The van der Waals surface area contributed by atoms with E-state index in [0.29, 0.717) is 6.04 Å². The minimum Gasteiger partial charge on any atom is -0.496 e. The zero-order valence-electron chi connectivity index (χ0n) is 9.76. The molecule has 1 aromatic rings. The van der Waals surface area contributed by atoms with Crippen molar-refractivity contribution in [1.82, 2.24) is 5.32 Å². The van der Waals surface area contributed by atoms with Gasteiger partial charge in [-0.1, -0.05) is 6.07 Å². The molecule has 1 heterocycles. The second kappa shape index (κ2) is 4.23. The van der Waals surface area contributed by atoms with Gasteiger partial charge in [-0.15, -0.1) is 0 Å². The Balaban J connectivity index is 2.36. The van der Waals surface area contributed by atoms with Crippen LogP contribution >= 0.6 is 0 Å². The summed E-state index contributed by atoms with van der Waals surface area (Å²) < 4.78 is 5.32. The van der Waals surface area contributed by atoms with Crippen molar-refractivity contribution in [3.8, 4) is 5.75 Å². The van der Waals surface area contributed by atoms with E-state index in [1.165, 1.54) is 29.5 Å². The van der Waals surface area contributed by atoms with E-state index in [1.807, 2.05) is 0 Å². The lowest BCUT2D eigenvalue weighted by Gasteiger charge is -2.17. The first-order valence-electron chi connectivity index (χ1n) is 5.61.